The quantitative estimate of drug-likeness (QED) is 0.605. The molecule has 1 amide bonds. The van der Waals surface area contributed by atoms with Crippen molar-refractivity contribution in [2.75, 3.05) is 19.7 Å². The van der Waals surface area contributed by atoms with Crippen molar-refractivity contribution < 1.29 is 24.5 Å². The van der Waals surface area contributed by atoms with Crippen LogP contribution in [0.25, 0.3) is 0 Å². The molecule has 144 valence electrons. The first-order chi connectivity index (χ1) is 10.4. The minimum atomic E-state index is -2.03. The summed E-state index contributed by atoms with van der Waals surface area (Å²) in [7, 11) is -2.03. The van der Waals surface area contributed by atoms with E-state index >= 15 is 0 Å². The van der Waals surface area contributed by atoms with Gasteiger partial charge < -0.3 is 24.6 Å². The molecule has 0 aliphatic carbocycles. The van der Waals surface area contributed by atoms with Gasteiger partial charge in [-0.15, -0.1) is 0 Å². The summed E-state index contributed by atoms with van der Waals surface area (Å²) >= 11 is 0. The minimum absolute atomic E-state index is 0.0119. The van der Waals surface area contributed by atoms with Gasteiger partial charge >= 0.3 is 6.09 Å². The van der Waals surface area contributed by atoms with E-state index in [1.165, 1.54) is 0 Å². The monoisotopic (exact) mass is 363 g/mol. The molecule has 0 aliphatic heterocycles. The van der Waals surface area contributed by atoms with Gasteiger partial charge in [0, 0.05) is 0 Å². The van der Waals surface area contributed by atoms with Crippen molar-refractivity contribution in [3.63, 3.8) is 0 Å². The van der Waals surface area contributed by atoms with Gasteiger partial charge in [-0.1, -0.05) is 41.5 Å². The van der Waals surface area contributed by atoms with Crippen molar-refractivity contribution in [1.29, 1.82) is 0 Å². The summed E-state index contributed by atoms with van der Waals surface area (Å²) < 4.78 is 6.02. The minimum Gasteiger partial charge on any atom is -0.465 e. The second-order valence-electron chi connectivity index (χ2n) is 9.59. The number of carboxylic acid groups (broad SMARTS) is 1. The molecule has 0 fully saturated rings. The van der Waals surface area contributed by atoms with Crippen molar-refractivity contribution in [2.24, 2.45) is 5.41 Å². The number of amides is 1. The first kappa shape index (κ1) is 23.4. The summed E-state index contributed by atoms with van der Waals surface area (Å²) in [5, 5.41) is 30.1. The second-order valence-corrected chi connectivity index (χ2v) is 14.4. The van der Waals surface area contributed by atoms with Crippen LogP contribution in [0.3, 0.4) is 0 Å². The Morgan fingerprint density at radius 2 is 1.58 bits per heavy atom. The van der Waals surface area contributed by atoms with Crippen LogP contribution in [0, 0.1) is 5.41 Å². The Labute approximate surface area is 148 Å². The van der Waals surface area contributed by atoms with Gasteiger partial charge in [0.2, 0.25) is 0 Å². The molecule has 0 aliphatic rings. The SMILES string of the molecule is CC(O)(CO[Si](C)(C)C(C)(C)C)CN(C[C@@H](O)C(C)(C)C)C(=O)O. The highest BCUT2D eigenvalue weighted by atomic mass is 28.4. The van der Waals surface area contributed by atoms with Crippen molar-refractivity contribution >= 4 is 14.4 Å². The number of aliphatic hydroxyl groups excluding tert-OH is 1. The van der Waals surface area contributed by atoms with Crippen LogP contribution in [0.15, 0.2) is 0 Å². The van der Waals surface area contributed by atoms with Gasteiger partial charge in [-0.25, -0.2) is 4.79 Å². The maximum Gasteiger partial charge on any atom is 0.407 e. The van der Waals surface area contributed by atoms with E-state index in [1.807, 2.05) is 20.8 Å². The van der Waals surface area contributed by atoms with Gasteiger partial charge in [0.1, 0.15) is 5.60 Å². The molecular weight excluding hydrogens is 326 g/mol. The van der Waals surface area contributed by atoms with Crippen molar-refractivity contribution in [1.82, 2.24) is 4.90 Å². The molecular formula is C17H37NO5Si. The number of hydrogen-bond donors (Lipinski definition) is 3. The summed E-state index contributed by atoms with van der Waals surface area (Å²) in [4.78, 5) is 12.5. The lowest BCUT2D eigenvalue weighted by Gasteiger charge is -2.40. The Morgan fingerprint density at radius 1 is 1.12 bits per heavy atom. The van der Waals surface area contributed by atoms with E-state index in [0.29, 0.717) is 0 Å². The van der Waals surface area contributed by atoms with Gasteiger partial charge in [-0.05, 0) is 30.5 Å². The van der Waals surface area contributed by atoms with Gasteiger partial charge in [0.05, 0.1) is 25.8 Å². The van der Waals surface area contributed by atoms with E-state index < -0.39 is 31.5 Å². The number of rotatable bonds is 7. The third-order valence-corrected chi connectivity index (χ3v) is 9.22. The van der Waals surface area contributed by atoms with E-state index in [0.717, 1.165) is 4.90 Å². The van der Waals surface area contributed by atoms with E-state index in [4.69, 9.17) is 4.43 Å². The molecule has 7 heteroatoms. The maximum absolute atomic E-state index is 11.5. The van der Waals surface area contributed by atoms with E-state index in [9.17, 15) is 20.1 Å². The first-order valence-corrected chi connectivity index (χ1v) is 11.3. The summed E-state index contributed by atoms with van der Waals surface area (Å²) in [5.41, 5.74) is -1.75. The first-order valence-electron chi connectivity index (χ1n) is 8.41. The molecule has 0 bridgehead atoms. The van der Waals surface area contributed by atoms with Gasteiger partial charge in [0.15, 0.2) is 8.32 Å². The van der Waals surface area contributed by atoms with Crippen molar-refractivity contribution in [3.8, 4) is 0 Å². The fraction of sp³-hybridized carbons (Fsp3) is 0.941. The van der Waals surface area contributed by atoms with Crippen LogP contribution in [-0.2, 0) is 4.43 Å². The zero-order valence-corrected chi connectivity index (χ0v) is 17.8. The number of nitrogens with zero attached hydrogens (tertiary/aromatic N) is 1. The average Bonchev–Trinajstić information content (AvgIpc) is 2.33. The molecule has 0 heterocycles. The molecule has 0 aromatic carbocycles. The van der Waals surface area contributed by atoms with Crippen LogP contribution >= 0.6 is 0 Å². The Balaban J connectivity index is 4.93. The van der Waals surface area contributed by atoms with Crippen LogP contribution < -0.4 is 0 Å². The fourth-order valence-electron chi connectivity index (χ4n) is 1.70. The number of hydrogen-bond acceptors (Lipinski definition) is 4. The van der Waals surface area contributed by atoms with E-state index in [2.05, 4.69) is 33.9 Å². The third kappa shape index (κ3) is 7.50. The van der Waals surface area contributed by atoms with Gasteiger partial charge in [-0.2, -0.15) is 0 Å². The molecule has 1 unspecified atom stereocenters. The normalized spacial score (nSPS) is 17.3. The highest BCUT2D eigenvalue weighted by Gasteiger charge is 2.40. The molecule has 3 N–H and O–H groups in total. The Morgan fingerprint density at radius 3 is 1.92 bits per heavy atom. The van der Waals surface area contributed by atoms with Crippen LogP contribution in [0.4, 0.5) is 4.79 Å². The van der Waals surface area contributed by atoms with Crippen molar-refractivity contribution in [3.05, 3.63) is 0 Å². The van der Waals surface area contributed by atoms with Crippen LogP contribution in [0.1, 0.15) is 48.5 Å². The highest BCUT2D eigenvalue weighted by Crippen LogP contribution is 2.37. The average molecular weight is 364 g/mol. The molecule has 24 heavy (non-hydrogen) atoms. The second kappa shape index (κ2) is 7.72. The molecule has 6 nitrogen and oxygen atoms in total. The highest BCUT2D eigenvalue weighted by molar-refractivity contribution is 6.74. The van der Waals surface area contributed by atoms with Crippen molar-refractivity contribution in [2.45, 2.75) is 78.3 Å². The van der Waals surface area contributed by atoms with Gasteiger partial charge in [0.25, 0.3) is 0 Å². The zero-order valence-electron chi connectivity index (χ0n) is 16.8. The molecule has 0 spiro atoms. The van der Waals surface area contributed by atoms with Crippen LogP contribution in [-0.4, -0.2) is 66.0 Å². The molecule has 0 aromatic rings. The van der Waals surface area contributed by atoms with E-state index in [1.54, 1.807) is 6.92 Å². The number of aliphatic hydroxyl groups is 2. The fourth-order valence-corrected chi connectivity index (χ4v) is 2.81. The Bertz CT molecular complexity index is 424. The molecule has 0 rings (SSSR count). The molecule has 0 radical (unpaired) electrons. The Hall–Kier alpha value is -0.633. The largest absolute Gasteiger partial charge is 0.465 e. The number of carbonyl (C=O) groups is 1. The van der Waals surface area contributed by atoms with Crippen LogP contribution in [0.5, 0.6) is 0 Å². The molecule has 0 saturated carbocycles. The zero-order chi connectivity index (χ0) is 19.6. The molecule has 2 atom stereocenters. The standard InChI is InChI=1S/C17H37NO5Si/c1-15(2,3)13(19)10-18(14(20)21)11-17(7,22)12-23-24(8,9)16(4,5)6/h13,19,22H,10-12H2,1-9H3,(H,20,21)/t13-,17?/m1/s1. The third-order valence-electron chi connectivity index (χ3n) is 4.75. The van der Waals surface area contributed by atoms with Gasteiger partial charge in [-0.3, -0.25) is 0 Å². The Kier molecular flexibility index (Phi) is 7.52. The summed E-state index contributed by atoms with van der Waals surface area (Å²) in [6.45, 7) is 17.5. The lowest BCUT2D eigenvalue weighted by molar-refractivity contribution is -0.0346. The van der Waals surface area contributed by atoms with E-state index in [-0.39, 0.29) is 24.7 Å². The smallest absolute Gasteiger partial charge is 0.407 e. The lowest BCUT2D eigenvalue weighted by Crippen LogP contribution is -2.52. The summed E-state index contributed by atoms with van der Waals surface area (Å²) in [5.74, 6) is 0. The summed E-state index contributed by atoms with van der Waals surface area (Å²) in [6, 6.07) is 0. The lowest BCUT2D eigenvalue weighted by atomic mass is 9.88. The molecule has 0 aromatic heterocycles. The summed E-state index contributed by atoms with van der Waals surface area (Å²) in [6.07, 6.45) is -1.98. The predicted octanol–water partition coefficient (Wildman–Crippen LogP) is 3.15. The topological polar surface area (TPSA) is 90.2 Å². The molecule has 0 saturated heterocycles. The van der Waals surface area contributed by atoms with Crippen LogP contribution in [0.2, 0.25) is 18.1 Å². The maximum atomic E-state index is 11.5. The predicted molar refractivity (Wildman–Crippen MR) is 98.8 cm³/mol.